The van der Waals surface area contributed by atoms with Crippen molar-refractivity contribution in [2.45, 2.75) is 0 Å². The lowest BCUT2D eigenvalue weighted by atomic mass is 9.80. The molecular weight excluding hydrogens is 1610 g/mol. The summed E-state index contributed by atoms with van der Waals surface area (Å²) < 4.78 is 34.5. The second kappa shape index (κ2) is 48.0. The van der Waals surface area contributed by atoms with E-state index < -0.39 is 18.3 Å². The number of nitrogen functional groups attached to an aromatic ring is 7. The zero-order chi connectivity index (χ0) is 86.0. The molecule has 19 N–H and O–H groups in total. The van der Waals surface area contributed by atoms with Crippen LogP contribution in [-0.2, 0) is 14.4 Å². The summed E-state index contributed by atoms with van der Waals surface area (Å²) >= 11 is 21.5. The number of carbonyl (C=O) groups is 3. The van der Waals surface area contributed by atoms with Gasteiger partial charge in [0.05, 0.1) is 11.1 Å². The number of hydrogen-bond acceptors (Lipinski definition) is 27. The van der Waals surface area contributed by atoms with Gasteiger partial charge < -0.3 is 94.1 Å². The molecule has 604 valence electrons. The first-order valence-electron chi connectivity index (χ1n) is 34.5. The predicted molar refractivity (Wildman–Crippen MR) is 466 cm³/mol. The van der Waals surface area contributed by atoms with Crippen molar-refractivity contribution in [2.75, 3.05) is 45.5 Å². The highest BCUT2D eigenvalue weighted by Crippen LogP contribution is 2.39. The molecule has 0 aliphatic rings. The number of hydrogen-bond donors (Lipinski definition) is 12. The summed E-state index contributed by atoms with van der Waals surface area (Å²) in [5.74, 6) is 6.68. The topological polar surface area (TPSA) is 485 Å². The fraction of sp³-hybridized carbons (Fsp3) is 0. The summed E-state index contributed by atoms with van der Waals surface area (Å²) in [6, 6.07) is 77.5. The number of benzene rings is 10. The number of nitrogens with zero attached hydrogens (tertiary/aromatic N) is 8. The lowest BCUT2D eigenvalue weighted by Gasteiger charge is -2.13. The molecule has 0 saturated heterocycles. The molecule has 0 saturated carbocycles. The maximum Gasteiger partial charge on any atom is 0.488 e. The minimum Gasteiger partial charge on any atom is -0.508 e. The molecule has 0 bridgehead atoms. The van der Waals surface area contributed by atoms with Crippen molar-refractivity contribution in [3.63, 3.8) is 0 Å². The van der Waals surface area contributed by atoms with Crippen LogP contribution < -0.4 is 79.3 Å². The molecule has 0 aliphatic carbocycles. The third-order valence-corrected chi connectivity index (χ3v) is 15.8. The first-order valence-corrected chi connectivity index (χ1v) is 36.0. The molecule has 0 radical (unpaired) electrons. The van der Waals surface area contributed by atoms with Gasteiger partial charge in [-0.1, -0.05) is 170 Å². The zero-order valence-electron chi connectivity index (χ0n) is 62.7. The number of aromatic nitrogens is 8. The number of nitrogens with two attached hydrogens (primary N) is 7. The standard InChI is InChI=1S/C25H20N4O3.C22H18N4O2.C12H11BO3.C10H9ClN4O.C6H7NO.C4H3Cl2N3.C3H3ClO.C3H4O2/c1-2-22(30)29-18-7-6-10-21(15-18)32-25-23(24(26)27-16-28-25)17-11-13-20(14-12-17)31-19-8-4-3-5-9-19;23-16-5-4-8-19(13-16)28-22-20(21(24)25-14-26-22)15-9-11-18(12-10-15)27-17-6-2-1-3-7-17;14-13(15)10-6-8-12(9-7-10)16-11-4-2-1-3-5-11;11-8-9(13)14-5-15-10(8)16-7-3-1-2-6(12)4-7;7-5-2-1-3-6(8)4-5;5-2-3(6)8-1-9-4(2)7;2*1-2-3(4)5/h2-16H,1H2,(H,29,30)(H2,26,27,28);1-14H,23H2,(H2,24,25,26);1-9,14-15H;1-5H,12H2,(H2,13,14,15);1-4,8H,7H2;1H,(H2,7,8,9);2H,1H2;2H,1H2,(H,4,5). The molecule has 14 rings (SSSR count). The number of nitrogens with one attached hydrogen (secondary N) is 1. The van der Waals surface area contributed by atoms with E-state index in [9.17, 15) is 14.4 Å². The molecule has 14 aromatic rings. The normalized spacial score (nSPS) is 9.76. The van der Waals surface area contributed by atoms with Gasteiger partial charge >= 0.3 is 13.1 Å². The Morgan fingerprint density at radius 3 is 1.06 bits per heavy atom. The van der Waals surface area contributed by atoms with Gasteiger partial charge in [0, 0.05) is 53.1 Å². The van der Waals surface area contributed by atoms with Crippen LogP contribution in [0.1, 0.15) is 0 Å². The summed E-state index contributed by atoms with van der Waals surface area (Å²) in [5.41, 5.74) is 45.3. The summed E-state index contributed by atoms with van der Waals surface area (Å²) in [6.45, 7) is 9.49. The number of allylic oxidation sites excluding steroid dienone is 1. The quantitative estimate of drug-likeness (QED) is 0.0118. The lowest BCUT2D eigenvalue weighted by Crippen LogP contribution is -2.29. The van der Waals surface area contributed by atoms with Gasteiger partial charge in [0.25, 0.3) is 0 Å². The Morgan fingerprint density at radius 2 is 0.706 bits per heavy atom. The summed E-state index contributed by atoms with van der Waals surface area (Å²) in [6.07, 6.45) is 8.31. The molecule has 4 aromatic heterocycles. The van der Waals surface area contributed by atoms with E-state index in [0.29, 0.717) is 91.4 Å². The fourth-order valence-electron chi connectivity index (χ4n) is 9.07. The molecule has 4 heterocycles. The van der Waals surface area contributed by atoms with Gasteiger partial charge in [-0.15, -0.1) is 0 Å². The van der Waals surface area contributed by atoms with Crippen molar-refractivity contribution in [1.29, 1.82) is 0 Å². The van der Waals surface area contributed by atoms with E-state index in [2.05, 4.69) is 64.9 Å². The number of anilines is 8. The van der Waals surface area contributed by atoms with Gasteiger partial charge in [0.2, 0.25) is 28.8 Å². The van der Waals surface area contributed by atoms with E-state index >= 15 is 0 Å². The number of aliphatic carboxylic acids is 1. The summed E-state index contributed by atoms with van der Waals surface area (Å²) in [5, 5.41) is 36.9. The smallest absolute Gasteiger partial charge is 0.488 e. The van der Waals surface area contributed by atoms with E-state index in [1.165, 1.54) is 37.5 Å². The van der Waals surface area contributed by atoms with Crippen LogP contribution in [0.3, 0.4) is 0 Å². The molecule has 29 nitrogen and oxygen atoms in total. The van der Waals surface area contributed by atoms with Crippen LogP contribution in [0.5, 0.6) is 75.1 Å². The van der Waals surface area contributed by atoms with Gasteiger partial charge in [-0.2, -0.15) is 4.98 Å². The van der Waals surface area contributed by atoms with Crippen molar-refractivity contribution >= 4 is 122 Å². The maximum absolute atomic E-state index is 11.6. The van der Waals surface area contributed by atoms with Gasteiger partial charge in [-0.3, -0.25) is 9.59 Å². The zero-order valence-corrected chi connectivity index (χ0v) is 65.7. The average molecular weight is 1680 g/mol. The molecule has 0 spiro atoms. The number of rotatable bonds is 19. The first-order chi connectivity index (χ1) is 57.3. The number of carboxylic acids is 1. The molecule has 34 heteroatoms. The molecule has 0 aliphatic heterocycles. The molecule has 0 atom stereocenters. The Balaban J connectivity index is 0.000000203. The van der Waals surface area contributed by atoms with E-state index in [1.807, 2.05) is 146 Å². The van der Waals surface area contributed by atoms with Crippen molar-refractivity contribution in [1.82, 2.24) is 39.9 Å². The van der Waals surface area contributed by atoms with Crippen LogP contribution in [0.4, 0.5) is 46.0 Å². The number of ether oxygens (including phenoxy) is 6. The Morgan fingerprint density at radius 1 is 0.370 bits per heavy atom. The predicted octanol–water partition coefficient (Wildman–Crippen LogP) is 17.1. The molecule has 1 amide bonds. The Hall–Kier alpha value is -15.3. The van der Waals surface area contributed by atoms with Crippen molar-refractivity contribution < 1.29 is 63.1 Å². The monoisotopic (exact) mass is 1680 g/mol. The number of phenols is 1. The average Bonchev–Trinajstić information content (AvgIpc) is 0.810. The molecule has 10 aromatic carbocycles. The number of para-hydroxylation sites is 3. The number of phenolic OH excluding ortho intramolecular Hbond substituents is 1. The second-order valence-electron chi connectivity index (χ2n) is 23.2. The van der Waals surface area contributed by atoms with E-state index in [1.54, 1.807) is 109 Å². The van der Waals surface area contributed by atoms with Crippen LogP contribution in [0.15, 0.2) is 324 Å². The first kappa shape index (κ1) is 90.9. The van der Waals surface area contributed by atoms with E-state index in [4.69, 9.17) is 135 Å². The third kappa shape index (κ3) is 31.9. The molecule has 119 heavy (non-hydrogen) atoms. The third-order valence-electron chi connectivity index (χ3n) is 14.5. The second-order valence-corrected chi connectivity index (χ2v) is 24.7. The van der Waals surface area contributed by atoms with Crippen LogP contribution >= 0.6 is 46.4 Å². The minimum absolute atomic E-state index is 0.176. The Kier molecular flexibility index (Phi) is 36.7. The van der Waals surface area contributed by atoms with Crippen LogP contribution in [0.2, 0.25) is 15.2 Å². The van der Waals surface area contributed by atoms with E-state index in [0.717, 1.165) is 40.5 Å². The van der Waals surface area contributed by atoms with Crippen molar-refractivity contribution in [3.05, 3.63) is 339 Å². The SMILES string of the molecule is C=CC(=O)Cl.C=CC(=O)Nc1cccc(Oc2ncnc(N)c2-c2ccc(Oc3ccccc3)cc2)c1.C=CC(=O)O.Nc1cccc(O)c1.Nc1cccc(Oc2ncnc(N)c2-c2ccc(Oc3ccccc3)cc2)c1.Nc1cccc(Oc2ncnc(N)c2Cl)c1.Nc1ncnc(Cl)c1Cl.OB(O)c1ccc(Oc2ccccc2)cc1. The molecular formula is C85H75BCl4N16O13. The minimum atomic E-state index is -1.44. The molecule has 0 unspecified atom stereocenters. The number of carbonyl (C=O) groups excluding carboxylic acids is 2. The van der Waals surface area contributed by atoms with Crippen molar-refractivity contribution in [2.24, 2.45) is 0 Å². The van der Waals surface area contributed by atoms with Crippen molar-refractivity contribution in [3.8, 4) is 97.4 Å². The van der Waals surface area contributed by atoms with E-state index in [-0.39, 0.29) is 50.2 Å². The van der Waals surface area contributed by atoms with Gasteiger partial charge in [-0.25, -0.2) is 39.7 Å². The Labute approximate surface area is 703 Å². The number of aromatic hydroxyl groups is 1. The van der Waals surface area contributed by atoms with Crippen LogP contribution in [0, 0.1) is 0 Å². The fourth-order valence-corrected chi connectivity index (χ4v) is 9.44. The number of carboxylic acid groups (broad SMARTS) is 1. The lowest BCUT2D eigenvalue weighted by molar-refractivity contribution is -0.131. The highest BCUT2D eigenvalue weighted by molar-refractivity contribution is 6.66. The molecule has 0 fully saturated rings. The van der Waals surface area contributed by atoms with Gasteiger partial charge in [0.15, 0.2) is 5.15 Å². The highest BCUT2D eigenvalue weighted by Gasteiger charge is 2.18. The maximum atomic E-state index is 11.6. The van der Waals surface area contributed by atoms with Gasteiger partial charge in [-0.05, 0) is 162 Å². The van der Waals surface area contributed by atoms with Crippen LogP contribution in [-0.4, -0.2) is 84.4 Å². The van der Waals surface area contributed by atoms with Gasteiger partial charge in [0.1, 0.15) is 116 Å². The number of amides is 1. The Bertz CT molecular complexity index is 5570. The van der Waals surface area contributed by atoms with Crippen LogP contribution in [0.25, 0.3) is 22.3 Å². The number of halogens is 4. The summed E-state index contributed by atoms with van der Waals surface area (Å²) in [4.78, 5) is 61.8. The largest absolute Gasteiger partial charge is 0.508 e. The summed E-state index contributed by atoms with van der Waals surface area (Å²) in [7, 11) is -1.44. The highest BCUT2D eigenvalue weighted by atomic mass is 35.5.